The van der Waals surface area contributed by atoms with Gasteiger partial charge in [0.25, 0.3) is 0 Å². The molecular formula is C13H19NO3. The fraction of sp³-hybridized carbons (Fsp3) is 0.462. The minimum atomic E-state index is -0.960. The molecule has 94 valence electrons. The molecule has 0 aliphatic carbocycles. The van der Waals surface area contributed by atoms with Crippen molar-refractivity contribution in [3.63, 3.8) is 0 Å². The Balaban J connectivity index is 2.20. The molecule has 17 heavy (non-hydrogen) atoms. The molecule has 4 heteroatoms. The lowest BCUT2D eigenvalue weighted by Crippen LogP contribution is -2.21. The highest BCUT2D eigenvalue weighted by molar-refractivity contribution is 5.64. The molecule has 0 saturated heterocycles. The summed E-state index contributed by atoms with van der Waals surface area (Å²) < 4.78 is 0. The molecule has 0 atom stereocenters. The van der Waals surface area contributed by atoms with Gasteiger partial charge in [0, 0.05) is 13.2 Å². The summed E-state index contributed by atoms with van der Waals surface area (Å²) in [5.74, 6) is 0. The zero-order valence-corrected chi connectivity index (χ0v) is 9.85. The Labute approximate surface area is 101 Å². The van der Waals surface area contributed by atoms with Gasteiger partial charge in [-0.05, 0) is 36.8 Å². The minimum Gasteiger partial charge on any atom is -0.465 e. The molecule has 1 rings (SSSR count). The predicted octanol–water partition coefficient (Wildman–Crippen LogP) is 1.81. The first kappa shape index (κ1) is 13.5. The number of amides is 1. The number of carbonyl (C=O) groups is 1. The smallest absolute Gasteiger partial charge is 0.404 e. The lowest BCUT2D eigenvalue weighted by molar-refractivity contribution is 0.194. The van der Waals surface area contributed by atoms with Crippen LogP contribution in [0.3, 0.4) is 0 Å². The average Bonchev–Trinajstić information content (AvgIpc) is 2.31. The highest BCUT2D eigenvalue weighted by Crippen LogP contribution is 2.08. The van der Waals surface area contributed by atoms with Gasteiger partial charge >= 0.3 is 6.09 Å². The van der Waals surface area contributed by atoms with E-state index in [-0.39, 0.29) is 6.61 Å². The Hall–Kier alpha value is -1.55. The monoisotopic (exact) mass is 237 g/mol. The van der Waals surface area contributed by atoms with Gasteiger partial charge in [0.1, 0.15) is 0 Å². The van der Waals surface area contributed by atoms with Crippen LogP contribution in [0.25, 0.3) is 0 Å². The summed E-state index contributed by atoms with van der Waals surface area (Å²) in [5, 5.41) is 19.5. The third kappa shape index (κ3) is 5.92. The van der Waals surface area contributed by atoms with E-state index in [9.17, 15) is 4.79 Å². The normalized spacial score (nSPS) is 10.2. The first-order valence-electron chi connectivity index (χ1n) is 5.88. The molecule has 1 amide bonds. The first-order chi connectivity index (χ1) is 8.22. The molecule has 0 aliphatic rings. The second kappa shape index (κ2) is 7.68. The van der Waals surface area contributed by atoms with Gasteiger partial charge in [0.15, 0.2) is 0 Å². The molecule has 0 spiro atoms. The summed E-state index contributed by atoms with van der Waals surface area (Å²) in [5.41, 5.74) is 2.39. The molecule has 1 aromatic carbocycles. The van der Waals surface area contributed by atoms with Crippen LogP contribution in [-0.2, 0) is 12.8 Å². The van der Waals surface area contributed by atoms with E-state index in [1.165, 1.54) is 5.56 Å². The molecule has 4 nitrogen and oxygen atoms in total. The summed E-state index contributed by atoms with van der Waals surface area (Å²) in [6.07, 6.45) is 2.52. The molecule has 0 aliphatic heterocycles. The van der Waals surface area contributed by atoms with Crippen molar-refractivity contribution in [2.75, 3.05) is 13.2 Å². The first-order valence-corrected chi connectivity index (χ1v) is 5.88. The molecule has 0 heterocycles. The van der Waals surface area contributed by atoms with Gasteiger partial charge in [-0.2, -0.15) is 0 Å². The number of carboxylic acid groups (broad SMARTS) is 1. The van der Waals surface area contributed by atoms with Gasteiger partial charge in [-0.15, -0.1) is 0 Å². The van der Waals surface area contributed by atoms with Crippen LogP contribution < -0.4 is 5.32 Å². The third-order valence-electron chi connectivity index (χ3n) is 2.59. The van der Waals surface area contributed by atoms with Gasteiger partial charge in [-0.3, -0.25) is 0 Å². The van der Waals surface area contributed by atoms with Gasteiger partial charge in [-0.1, -0.05) is 24.3 Å². The number of unbranched alkanes of at least 4 members (excludes halogenated alkanes) is 1. The second-order valence-corrected chi connectivity index (χ2v) is 3.98. The van der Waals surface area contributed by atoms with Crippen molar-refractivity contribution in [3.8, 4) is 0 Å². The van der Waals surface area contributed by atoms with Crippen LogP contribution in [0.2, 0.25) is 0 Å². The van der Waals surface area contributed by atoms with Gasteiger partial charge in [0.2, 0.25) is 0 Å². The Morgan fingerprint density at radius 3 is 2.18 bits per heavy atom. The summed E-state index contributed by atoms with van der Waals surface area (Å²) in [4.78, 5) is 10.2. The van der Waals surface area contributed by atoms with Crippen LogP contribution in [0.15, 0.2) is 24.3 Å². The van der Waals surface area contributed by atoms with Gasteiger partial charge < -0.3 is 15.5 Å². The fourth-order valence-corrected chi connectivity index (χ4v) is 1.65. The number of nitrogens with one attached hydrogen (secondary N) is 1. The highest BCUT2D eigenvalue weighted by atomic mass is 16.4. The average molecular weight is 237 g/mol. The number of hydrogen-bond donors (Lipinski definition) is 3. The standard InChI is InChI=1S/C13H19NO3/c15-10-8-12-6-4-11(5-7-12)3-1-2-9-14-13(16)17/h4-7,14-15H,1-3,8-10H2,(H,16,17). The van der Waals surface area contributed by atoms with Crippen LogP contribution in [0.5, 0.6) is 0 Å². The van der Waals surface area contributed by atoms with E-state index in [4.69, 9.17) is 10.2 Å². The summed E-state index contributed by atoms with van der Waals surface area (Å²) >= 11 is 0. The summed E-state index contributed by atoms with van der Waals surface area (Å²) in [6.45, 7) is 0.693. The Morgan fingerprint density at radius 1 is 1.06 bits per heavy atom. The quantitative estimate of drug-likeness (QED) is 0.633. The van der Waals surface area contributed by atoms with Crippen LogP contribution in [0, 0.1) is 0 Å². The molecule has 0 fully saturated rings. The van der Waals surface area contributed by atoms with Crippen molar-refractivity contribution in [2.45, 2.75) is 25.7 Å². The SMILES string of the molecule is O=C(O)NCCCCc1ccc(CCO)cc1. The Morgan fingerprint density at radius 2 is 1.65 bits per heavy atom. The van der Waals surface area contributed by atoms with E-state index in [2.05, 4.69) is 17.4 Å². The van der Waals surface area contributed by atoms with Crippen molar-refractivity contribution in [3.05, 3.63) is 35.4 Å². The van der Waals surface area contributed by atoms with Crippen LogP contribution in [0.4, 0.5) is 4.79 Å². The lowest BCUT2D eigenvalue weighted by atomic mass is 10.0. The van der Waals surface area contributed by atoms with Gasteiger partial charge in [0.05, 0.1) is 0 Å². The maximum atomic E-state index is 10.2. The van der Waals surface area contributed by atoms with Crippen LogP contribution in [-0.4, -0.2) is 29.5 Å². The van der Waals surface area contributed by atoms with Crippen molar-refractivity contribution < 1.29 is 15.0 Å². The summed E-state index contributed by atoms with van der Waals surface area (Å²) in [6, 6.07) is 8.19. The maximum Gasteiger partial charge on any atom is 0.404 e. The van der Waals surface area contributed by atoms with Crippen LogP contribution >= 0.6 is 0 Å². The van der Waals surface area contributed by atoms with E-state index in [0.29, 0.717) is 13.0 Å². The second-order valence-electron chi connectivity index (χ2n) is 3.98. The zero-order valence-electron chi connectivity index (χ0n) is 9.85. The van der Waals surface area contributed by atoms with E-state index >= 15 is 0 Å². The van der Waals surface area contributed by atoms with E-state index < -0.39 is 6.09 Å². The molecular weight excluding hydrogens is 218 g/mol. The molecule has 0 bridgehead atoms. The topological polar surface area (TPSA) is 69.6 Å². The van der Waals surface area contributed by atoms with Crippen molar-refractivity contribution in [1.29, 1.82) is 0 Å². The van der Waals surface area contributed by atoms with E-state index in [0.717, 1.165) is 24.8 Å². The van der Waals surface area contributed by atoms with Crippen LogP contribution in [0.1, 0.15) is 24.0 Å². The molecule has 0 radical (unpaired) electrons. The van der Waals surface area contributed by atoms with E-state index in [1.807, 2.05) is 12.1 Å². The lowest BCUT2D eigenvalue weighted by Gasteiger charge is -2.04. The molecule has 3 N–H and O–H groups in total. The van der Waals surface area contributed by atoms with Gasteiger partial charge in [-0.25, -0.2) is 4.79 Å². The molecule has 0 aromatic heterocycles. The largest absolute Gasteiger partial charge is 0.465 e. The molecule has 0 saturated carbocycles. The third-order valence-corrected chi connectivity index (χ3v) is 2.59. The Bertz CT molecular complexity index is 335. The summed E-state index contributed by atoms with van der Waals surface area (Å²) in [7, 11) is 0. The number of hydrogen-bond acceptors (Lipinski definition) is 2. The zero-order chi connectivity index (χ0) is 12.5. The molecule has 1 aromatic rings. The highest BCUT2D eigenvalue weighted by Gasteiger charge is 1.97. The van der Waals surface area contributed by atoms with Crippen molar-refractivity contribution in [2.24, 2.45) is 0 Å². The van der Waals surface area contributed by atoms with E-state index in [1.54, 1.807) is 0 Å². The number of benzene rings is 1. The predicted molar refractivity (Wildman–Crippen MR) is 66.2 cm³/mol. The fourth-order valence-electron chi connectivity index (χ4n) is 1.65. The minimum absolute atomic E-state index is 0.181. The number of aryl methyl sites for hydroxylation is 1. The number of aliphatic hydroxyl groups is 1. The maximum absolute atomic E-state index is 10.2. The van der Waals surface area contributed by atoms with Crippen molar-refractivity contribution >= 4 is 6.09 Å². The number of aliphatic hydroxyl groups excluding tert-OH is 1. The molecule has 0 unspecified atom stereocenters. The Kier molecular flexibility index (Phi) is 6.10. The number of rotatable bonds is 7. The van der Waals surface area contributed by atoms with Crippen molar-refractivity contribution in [1.82, 2.24) is 5.32 Å².